The number of nitrogens with zero attached hydrogens (tertiary/aromatic N) is 5. The van der Waals surface area contributed by atoms with Crippen LogP contribution < -0.4 is 4.90 Å². The average molecular weight is 541 g/mol. The van der Waals surface area contributed by atoms with E-state index in [1.165, 1.54) is 6.33 Å². The molecule has 1 N–H and O–H groups in total. The Morgan fingerprint density at radius 3 is 2.68 bits per heavy atom. The average Bonchev–Trinajstić information content (AvgIpc) is 3.46. The molecule has 0 fully saturated rings. The van der Waals surface area contributed by atoms with Crippen LogP contribution in [0.25, 0.3) is 0 Å². The van der Waals surface area contributed by atoms with E-state index < -0.39 is 10.0 Å². The smallest absolute Gasteiger partial charge is 0.262 e. The van der Waals surface area contributed by atoms with Gasteiger partial charge >= 0.3 is 0 Å². The summed E-state index contributed by atoms with van der Waals surface area (Å²) in [6.45, 7) is 1.34. The number of anilines is 1. The van der Waals surface area contributed by atoms with Crippen molar-refractivity contribution in [3.8, 4) is 0 Å². The van der Waals surface area contributed by atoms with Crippen LogP contribution >= 0.6 is 15.9 Å². The quantitative estimate of drug-likeness (QED) is 0.402. The molecule has 34 heavy (non-hydrogen) atoms. The predicted octanol–water partition coefficient (Wildman–Crippen LogP) is 3.73. The fourth-order valence-electron chi connectivity index (χ4n) is 4.43. The van der Waals surface area contributed by atoms with Crippen molar-refractivity contribution in [3.05, 3.63) is 94.9 Å². The van der Waals surface area contributed by atoms with Gasteiger partial charge in [0.05, 0.1) is 24.9 Å². The summed E-state index contributed by atoms with van der Waals surface area (Å²) in [7, 11) is -2.07. The van der Waals surface area contributed by atoms with Gasteiger partial charge in [-0.25, -0.2) is 18.4 Å². The van der Waals surface area contributed by atoms with Crippen molar-refractivity contribution < 1.29 is 8.42 Å². The summed E-state index contributed by atoms with van der Waals surface area (Å²) in [6.07, 6.45) is 7.19. The molecule has 5 rings (SSSR count). The monoisotopic (exact) mass is 540 g/mol. The van der Waals surface area contributed by atoms with Crippen LogP contribution in [0.4, 0.5) is 5.69 Å². The van der Waals surface area contributed by atoms with Gasteiger partial charge in [-0.2, -0.15) is 4.31 Å². The molecule has 176 valence electrons. The van der Waals surface area contributed by atoms with Gasteiger partial charge in [-0.3, -0.25) is 0 Å². The van der Waals surface area contributed by atoms with Crippen molar-refractivity contribution in [2.75, 3.05) is 11.4 Å². The largest absolute Gasteiger partial charge is 0.364 e. The molecule has 10 heteroatoms. The number of fused-ring (bicyclic) bond motifs is 1. The number of benzene rings is 2. The lowest BCUT2D eigenvalue weighted by Gasteiger charge is -2.31. The molecule has 0 spiro atoms. The lowest BCUT2D eigenvalue weighted by molar-refractivity contribution is 0.317. The Kier molecular flexibility index (Phi) is 6.28. The molecule has 1 aliphatic heterocycles. The third-order valence-electron chi connectivity index (χ3n) is 6.02. The van der Waals surface area contributed by atoms with Crippen LogP contribution in [0.2, 0.25) is 0 Å². The van der Waals surface area contributed by atoms with E-state index in [9.17, 15) is 8.42 Å². The van der Waals surface area contributed by atoms with Gasteiger partial charge in [0.25, 0.3) is 10.0 Å². The number of aromatic amines is 1. The number of halogens is 1. The number of hydrogen-bond donors (Lipinski definition) is 1. The Labute approximate surface area is 207 Å². The molecule has 0 radical (unpaired) electrons. The zero-order valence-electron chi connectivity index (χ0n) is 18.7. The van der Waals surface area contributed by atoms with Crippen LogP contribution in [0.15, 0.2) is 83.1 Å². The van der Waals surface area contributed by atoms with Crippen LogP contribution in [0.1, 0.15) is 16.8 Å². The Morgan fingerprint density at radius 2 is 1.97 bits per heavy atom. The van der Waals surface area contributed by atoms with Gasteiger partial charge in [-0.05, 0) is 35.7 Å². The van der Waals surface area contributed by atoms with Crippen molar-refractivity contribution in [2.24, 2.45) is 7.05 Å². The van der Waals surface area contributed by atoms with E-state index in [0.29, 0.717) is 19.5 Å². The Hall–Kier alpha value is -2.95. The molecule has 1 atom stereocenters. The van der Waals surface area contributed by atoms with Gasteiger partial charge in [-0.15, -0.1) is 0 Å². The predicted molar refractivity (Wildman–Crippen MR) is 134 cm³/mol. The highest BCUT2D eigenvalue weighted by molar-refractivity contribution is 9.10. The summed E-state index contributed by atoms with van der Waals surface area (Å²) in [5.41, 5.74) is 3.91. The van der Waals surface area contributed by atoms with E-state index in [0.717, 1.165) is 27.0 Å². The summed E-state index contributed by atoms with van der Waals surface area (Å²) in [6, 6.07) is 15.7. The van der Waals surface area contributed by atoms with E-state index in [-0.39, 0.29) is 17.6 Å². The molecule has 1 unspecified atom stereocenters. The molecule has 0 aliphatic carbocycles. The third kappa shape index (κ3) is 4.66. The van der Waals surface area contributed by atoms with Gasteiger partial charge in [0.15, 0.2) is 5.03 Å². The molecular formula is C24H25BrN6O2S. The van der Waals surface area contributed by atoms with Crippen LogP contribution in [0, 0.1) is 0 Å². The van der Waals surface area contributed by atoms with E-state index in [2.05, 4.69) is 35.8 Å². The molecule has 0 saturated heterocycles. The summed E-state index contributed by atoms with van der Waals surface area (Å²) in [4.78, 5) is 13.8. The molecule has 4 aromatic rings. The first-order chi connectivity index (χ1) is 16.4. The highest BCUT2D eigenvalue weighted by atomic mass is 79.9. The molecule has 2 aromatic carbocycles. The van der Waals surface area contributed by atoms with Crippen molar-refractivity contribution in [1.82, 2.24) is 23.8 Å². The summed E-state index contributed by atoms with van der Waals surface area (Å²) < 4.78 is 31.9. The maximum Gasteiger partial charge on any atom is 0.262 e. The number of aromatic nitrogens is 4. The fraction of sp³-hybridized carbons (Fsp3) is 0.250. The highest BCUT2D eigenvalue weighted by Crippen LogP contribution is 2.34. The van der Waals surface area contributed by atoms with Crippen molar-refractivity contribution in [2.45, 2.75) is 30.6 Å². The van der Waals surface area contributed by atoms with Gasteiger partial charge in [0.1, 0.15) is 0 Å². The summed E-state index contributed by atoms with van der Waals surface area (Å²) in [5.74, 6) is 0. The number of hydrogen-bond acceptors (Lipinski definition) is 5. The van der Waals surface area contributed by atoms with E-state index in [1.807, 2.05) is 54.7 Å². The number of sulfonamides is 1. The molecule has 3 heterocycles. The molecule has 2 aromatic heterocycles. The van der Waals surface area contributed by atoms with Crippen molar-refractivity contribution in [1.29, 1.82) is 0 Å². The second-order valence-corrected chi connectivity index (χ2v) is 11.2. The van der Waals surface area contributed by atoms with Crippen molar-refractivity contribution >= 4 is 31.6 Å². The second kappa shape index (κ2) is 9.36. The van der Waals surface area contributed by atoms with E-state index in [1.54, 1.807) is 28.4 Å². The number of rotatable bonds is 6. The number of aryl methyl sites for hydroxylation is 1. The first-order valence-electron chi connectivity index (χ1n) is 10.9. The molecular weight excluding hydrogens is 516 g/mol. The SMILES string of the molecule is Cn1cnc(S(=O)(=O)N2Cc3cc(Br)ccc3N(Cc3c[nH]cn3)CC2Cc2ccccc2)c1. The molecule has 0 amide bonds. The number of H-pyrrole nitrogens is 1. The Morgan fingerprint density at radius 1 is 1.15 bits per heavy atom. The highest BCUT2D eigenvalue weighted by Gasteiger charge is 2.37. The molecule has 0 bridgehead atoms. The number of imidazole rings is 2. The lowest BCUT2D eigenvalue weighted by atomic mass is 10.1. The maximum absolute atomic E-state index is 13.9. The van der Waals surface area contributed by atoms with Crippen LogP contribution in [-0.4, -0.2) is 44.8 Å². The second-order valence-electron chi connectivity index (χ2n) is 8.49. The zero-order chi connectivity index (χ0) is 23.7. The normalized spacial score (nSPS) is 16.9. The Balaban J connectivity index is 1.61. The van der Waals surface area contributed by atoms with Gasteiger partial charge < -0.3 is 14.5 Å². The first kappa shape index (κ1) is 22.8. The van der Waals surface area contributed by atoms with E-state index >= 15 is 0 Å². The maximum atomic E-state index is 13.9. The lowest BCUT2D eigenvalue weighted by Crippen LogP contribution is -2.45. The number of nitrogens with one attached hydrogen (secondary N) is 1. The van der Waals surface area contributed by atoms with Gasteiger partial charge in [-0.1, -0.05) is 46.3 Å². The van der Waals surface area contributed by atoms with Gasteiger partial charge in [0, 0.05) is 48.7 Å². The topological polar surface area (TPSA) is 87.1 Å². The third-order valence-corrected chi connectivity index (χ3v) is 8.30. The fourth-order valence-corrected chi connectivity index (χ4v) is 6.40. The van der Waals surface area contributed by atoms with Crippen molar-refractivity contribution in [3.63, 3.8) is 0 Å². The summed E-state index contributed by atoms with van der Waals surface area (Å²) >= 11 is 3.56. The minimum Gasteiger partial charge on any atom is -0.364 e. The van der Waals surface area contributed by atoms with E-state index in [4.69, 9.17) is 0 Å². The summed E-state index contributed by atoms with van der Waals surface area (Å²) in [5, 5.41) is 0.0605. The minimum atomic E-state index is -3.84. The van der Waals surface area contributed by atoms with Gasteiger partial charge in [0.2, 0.25) is 0 Å². The Bertz CT molecular complexity index is 1370. The van der Waals surface area contributed by atoms with Crippen LogP contribution in [0.5, 0.6) is 0 Å². The molecule has 1 aliphatic rings. The first-order valence-corrected chi connectivity index (χ1v) is 13.2. The molecule has 8 nitrogen and oxygen atoms in total. The minimum absolute atomic E-state index is 0.0605. The molecule has 0 saturated carbocycles. The van der Waals surface area contributed by atoms with Crippen LogP contribution in [-0.2, 0) is 36.6 Å². The van der Waals surface area contributed by atoms with Crippen LogP contribution in [0.3, 0.4) is 0 Å². The zero-order valence-corrected chi connectivity index (χ0v) is 21.1. The standard InChI is InChI=1S/C24H25BrN6O2S/c1-29-15-24(28-17-29)34(32,33)31-12-19-10-20(25)7-8-23(19)30(13-21-11-26-16-27-21)14-22(31)9-18-5-3-2-4-6-18/h2-8,10-11,15-17,22H,9,12-14H2,1H3,(H,26,27).